The lowest BCUT2D eigenvalue weighted by Crippen LogP contribution is -2.26. The lowest BCUT2D eigenvalue weighted by molar-refractivity contribution is -0.116. The molecule has 1 heterocycles. The van der Waals surface area contributed by atoms with Gasteiger partial charge in [-0.1, -0.05) is 6.07 Å². The van der Waals surface area contributed by atoms with Crippen molar-refractivity contribution in [3.05, 3.63) is 52.7 Å². The van der Waals surface area contributed by atoms with E-state index in [0.717, 1.165) is 16.4 Å². The molecule has 0 bridgehead atoms. The van der Waals surface area contributed by atoms with Crippen LogP contribution in [-0.4, -0.2) is 25.7 Å². The van der Waals surface area contributed by atoms with Crippen molar-refractivity contribution in [2.24, 2.45) is 0 Å². The van der Waals surface area contributed by atoms with Gasteiger partial charge in [0.15, 0.2) is 0 Å². The number of hydrogen-bond donors (Lipinski definition) is 1. The molecule has 2 rings (SSSR count). The van der Waals surface area contributed by atoms with Gasteiger partial charge < -0.3 is 14.8 Å². The first-order valence-corrected chi connectivity index (χ1v) is 8.01. The summed E-state index contributed by atoms with van der Waals surface area (Å²) in [7, 11) is 0. The second-order valence-electron chi connectivity index (χ2n) is 4.39. The number of carbonyl (C=O) groups excluding carboxylic acids is 1. The molecule has 0 fully saturated rings. The summed E-state index contributed by atoms with van der Waals surface area (Å²) in [4.78, 5) is 12.7. The highest BCUT2D eigenvalue weighted by molar-refractivity contribution is 7.10. The van der Waals surface area contributed by atoms with E-state index in [-0.39, 0.29) is 5.91 Å². The van der Waals surface area contributed by atoms with Gasteiger partial charge in [-0.25, -0.2) is 0 Å². The van der Waals surface area contributed by atoms with Gasteiger partial charge in [0.25, 0.3) is 0 Å². The van der Waals surface area contributed by atoms with Gasteiger partial charge in [0.1, 0.15) is 18.1 Å². The van der Waals surface area contributed by atoms with Gasteiger partial charge in [0.05, 0.1) is 13.2 Å². The molecular formula is C17H19NO3S. The molecule has 116 valence electrons. The normalized spacial score (nSPS) is 10.6. The van der Waals surface area contributed by atoms with Crippen molar-refractivity contribution in [2.45, 2.75) is 6.92 Å². The summed E-state index contributed by atoms with van der Waals surface area (Å²) in [5.41, 5.74) is 0. The van der Waals surface area contributed by atoms with Gasteiger partial charge in [0.2, 0.25) is 5.91 Å². The molecule has 2 aromatic rings. The van der Waals surface area contributed by atoms with Gasteiger partial charge >= 0.3 is 0 Å². The Hall–Kier alpha value is -2.27. The van der Waals surface area contributed by atoms with Crippen LogP contribution in [0.15, 0.2) is 47.9 Å². The average molecular weight is 317 g/mol. The van der Waals surface area contributed by atoms with Crippen LogP contribution in [-0.2, 0) is 4.79 Å². The molecule has 0 aliphatic carbocycles. The summed E-state index contributed by atoms with van der Waals surface area (Å²) in [6, 6.07) is 11.3. The summed E-state index contributed by atoms with van der Waals surface area (Å²) in [6.45, 7) is 3.47. The summed E-state index contributed by atoms with van der Waals surface area (Å²) < 4.78 is 10.9. The molecule has 0 spiro atoms. The Bertz CT molecular complexity index is 591. The summed E-state index contributed by atoms with van der Waals surface area (Å²) in [5, 5.41) is 4.75. The van der Waals surface area contributed by atoms with Crippen LogP contribution in [0.5, 0.6) is 11.5 Å². The SMILES string of the molecule is CCOc1ccc(OCCNC(=O)/C=C/c2cccs2)cc1. The number of carbonyl (C=O) groups is 1. The van der Waals surface area contributed by atoms with E-state index in [1.54, 1.807) is 17.4 Å². The fraction of sp³-hybridized carbons (Fsp3) is 0.235. The maximum atomic E-state index is 11.6. The van der Waals surface area contributed by atoms with E-state index in [4.69, 9.17) is 9.47 Å². The Balaban J connectivity index is 1.65. The van der Waals surface area contributed by atoms with Crippen molar-refractivity contribution < 1.29 is 14.3 Å². The Morgan fingerprint density at radius 2 is 1.91 bits per heavy atom. The summed E-state index contributed by atoms with van der Waals surface area (Å²) in [6.07, 6.45) is 3.33. The predicted molar refractivity (Wildman–Crippen MR) is 89.5 cm³/mol. The van der Waals surface area contributed by atoms with E-state index in [0.29, 0.717) is 19.8 Å². The third-order valence-corrected chi connectivity index (χ3v) is 3.58. The molecule has 0 unspecified atom stereocenters. The van der Waals surface area contributed by atoms with Crippen LogP contribution in [0, 0.1) is 0 Å². The van der Waals surface area contributed by atoms with E-state index in [1.807, 2.05) is 48.7 Å². The van der Waals surface area contributed by atoms with Gasteiger partial charge in [0, 0.05) is 11.0 Å². The molecule has 0 radical (unpaired) electrons. The van der Waals surface area contributed by atoms with Crippen molar-refractivity contribution >= 4 is 23.3 Å². The van der Waals surface area contributed by atoms with Crippen LogP contribution in [0.1, 0.15) is 11.8 Å². The minimum absolute atomic E-state index is 0.122. The van der Waals surface area contributed by atoms with E-state index in [2.05, 4.69) is 5.32 Å². The quantitative estimate of drug-likeness (QED) is 0.600. The Morgan fingerprint density at radius 3 is 2.55 bits per heavy atom. The molecule has 0 aliphatic rings. The zero-order chi connectivity index (χ0) is 15.6. The zero-order valence-electron chi connectivity index (χ0n) is 12.5. The number of benzene rings is 1. The van der Waals surface area contributed by atoms with E-state index >= 15 is 0 Å². The van der Waals surface area contributed by atoms with Crippen molar-refractivity contribution in [3.8, 4) is 11.5 Å². The monoisotopic (exact) mass is 317 g/mol. The molecule has 1 aromatic heterocycles. The molecule has 0 saturated heterocycles. The largest absolute Gasteiger partial charge is 0.494 e. The fourth-order valence-electron chi connectivity index (χ4n) is 1.74. The number of thiophene rings is 1. The number of rotatable bonds is 8. The number of nitrogens with one attached hydrogen (secondary N) is 1. The molecule has 5 heteroatoms. The second kappa shape index (κ2) is 8.89. The number of ether oxygens (including phenoxy) is 2. The first-order valence-electron chi connectivity index (χ1n) is 7.13. The molecule has 0 saturated carbocycles. The lowest BCUT2D eigenvalue weighted by atomic mass is 10.3. The van der Waals surface area contributed by atoms with E-state index < -0.39 is 0 Å². The fourth-order valence-corrected chi connectivity index (χ4v) is 2.36. The Morgan fingerprint density at radius 1 is 1.18 bits per heavy atom. The summed E-state index contributed by atoms with van der Waals surface area (Å²) in [5.74, 6) is 1.46. The Kier molecular flexibility index (Phi) is 6.51. The minimum Gasteiger partial charge on any atom is -0.494 e. The second-order valence-corrected chi connectivity index (χ2v) is 5.37. The van der Waals surface area contributed by atoms with Crippen LogP contribution in [0.25, 0.3) is 6.08 Å². The predicted octanol–water partition coefficient (Wildman–Crippen LogP) is 3.36. The van der Waals surface area contributed by atoms with Crippen LogP contribution in [0.4, 0.5) is 0 Å². The van der Waals surface area contributed by atoms with Crippen molar-refractivity contribution in [1.29, 1.82) is 0 Å². The molecule has 0 aliphatic heterocycles. The van der Waals surface area contributed by atoms with Crippen LogP contribution < -0.4 is 14.8 Å². The Labute approximate surface area is 134 Å². The molecule has 1 N–H and O–H groups in total. The number of amides is 1. The highest BCUT2D eigenvalue weighted by Gasteiger charge is 1.98. The van der Waals surface area contributed by atoms with Crippen LogP contribution in [0.3, 0.4) is 0 Å². The maximum Gasteiger partial charge on any atom is 0.244 e. The van der Waals surface area contributed by atoms with Crippen LogP contribution in [0.2, 0.25) is 0 Å². The standard InChI is InChI=1S/C17H19NO3S/c1-2-20-14-5-7-15(8-6-14)21-12-11-18-17(19)10-9-16-4-3-13-22-16/h3-10,13H,2,11-12H2,1H3,(H,18,19)/b10-9+. The molecule has 4 nitrogen and oxygen atoms in total. The first kappa shape index (κ1) is 16.1. The smallest absolute Gasteiger partial charge is 0.244 e. The molecular weight excluding hydrogens is 298 g/mol. The highest BCUT2D eigenvalue weighted by Crippen LogP contribution is 2.17. The summed E-state index contributed by atoms with van der Waals surface area (Å²) >= 11 is 1.59. The topological polar surface area (TPSA) is 47.6 Å². The third-order valence-electron chi connectivity index (χ3n) is 2.75. The zero-order valence-corrected chi connectivity index (χ0v) is 13.3. The first-order chi connectivity index (χ1) is 10.8. The molecule has 1 amide bonds. The lowest BCUT2D eigenvalue weighted by Gasteiger charge is -2.08. The molecule has 22 heavy (non-hydrogen) atoms. The highest BCUT2D eigenvalue weighted by atomic mass is 32.1. The molecule has 0 atom stereocenters. The van der Waals surface area contributed by atoms with Gasteiger partial charge in [-0.3, -0.25) is 4.79 Å². The van der Waals surface area contributed by atoms with Gasteiger partial charge in [-0.2, -0.15) is 0 Å². The molecule has 1 aromatic carbocycles. The maximum absolute atomic E-state index is 11.6. The minimum atomic E-state index is -0.122. The van der Waals surface area contributed by atoms with Crippen molar-refractivity contribution in [1.82, 2.24) is 5.32 Å². The van der Waals surface area contributed by atoms with E-state index in [9.17, 15) is 4.79 Å². The van der Waals surface area contributed by atoms with Crippen molar-refractivity contribution in [3.63, 3.8) is 0 Å². The van der Waals surface area contributed by atoms with Gasteiger partial charge in [-0.15, -0.1) is 11.3 Å². The van der Waals surface area contributed by atoms with Crippen LogP contribution >= 0.6 is 11.3 Å². The van der Waals surface area contributed by atoms with E-state index in [1.165, 1.54) is 6.08 Å². The average Bonchev–Trinajstić information content (AvgIpc) is 3.05. The number of hydrogen-bond acceptors (Lipinski definition) is 4. The van der Waals surface area contributed by atoms with Gasteiger partial charge in [-0.05, 0) is 48.7 Å². The third kappa shape index (κ3) is 5.61. The van der Waals surface area contributed by atoms with Crippen molar-refractivity contribution in [2.75, 3.05) is 19.8 Å².